The second kappa shape index (κ2) is 11.4. The minimum atomic E-state index is -0.615. The van der Waals surface area contributed by atoms with Gasteiger partial charge in [-0.3, -0.25) is 9.59 Å². The highest BCUT2D eigenvalue weighted by molar-refractivity contribution is 6.35. The molecule has 0 radical (unpaired) electrons. The fraction of sp³-hybridized carbons (Fsp3) is 0.417. The summed E-state index contributed by atoms with van der Waals surface area (Å²) in [5.41, 5.74) is 3.03. The molecule has 0 aliphatic heterocycles. The fourth-order valence-corrected chi connectivity index (χ4v) is 3.50. The Balaban J connectivity index is 2.18. The van der Waals surface area contributed by atoms with Gasteiger partial charge in [0, 0.05) is 29.1 Å². The molecule has 6 heteroatoms. The van der Waals surface area contributed by atoms with E-state index in [4.69, 9.17) is 23.2 Å². The first-order valence-electron chi connectivity index (χ1n) is 10.3. The highest BCUT2D eigenvalue weighted by atomic mass is 35.5. The Labute approximate surface area is 189 Å². The van der Waals surface area contributed by atoms with Crippen molar-refractivity contribution in [2.45, 2.75) is 65.6 Å². The summed E-state index contributed by atoms with van der Waals surface area (Å²) in [4.78, 5) is 27.5. The Morgan fingerprint density at radius 1 is 1.07 bits per heavy atom. The van der Waals surface area contributed by atoms with Crippen LogP contribution in [0.3, 0.4) is 0 Å². The Bertz CT molecular complexity index is 868. The van der Waals surface area contributed by atoms with Crippen LogP contribution in [0.15, 0.2) is 42.5 Å². The lowest BCUT2D eigenvalue weighted by Crippen LogP contribution is -2.49. The molecule has 162 valence electrons. The van der Waals surface area contributed by atoms with Gasteiger partial charge in [0.05, 0.1) is 0 Å². The van der Waals surface area contributed by atoms with Gasteiger partial charge in [-0.05, 0) is 56.9 Å². The molecule has 2 rings (SSSR count). The number of nitrogens with zero attached hydrogens (tertiary/aromatic N) is 1. The molecule has 2 aromatic rings. The van der Waals surface area contributed by atoms with Crippen LogP contribution in [0.4, 0.5) is 0 Å². The predicted octanol–water partition coefficient (Wildman–Crippen LogP) is 5.57. The summed E-state index contributed by atoms with van der Waals surface area (Å²) in [5.74, 6) is -0.258. The predicted molar refractivity (Wildman–Crippen MR) is 124 cm³/mol. The van der Waals surface area contributed by atoms with E-state index in [0.717, 1.165) is 17.5 Å². The van der Waals surface area contributed by atoms with Crippen LogP contribution in [0.2, 0.25) is 10.0 Å². The summed E-state index contributed by atoms with van der Waals surface area (Å²) < 4.78 is 0. The number of amides is 2. The largest absolute Gasteiger partial charge is 0.352 e. The van der Waals surface area contributed by atoms with Crippen LogP contribution in [0.25, 0.3) is 0 Å². The quantitative estimate of drug-likeness (QED) is 0.545. The summed E-state index contributed by atoms with van der Waals surface area (Å²) in [7, 11) is 0. The normalized spacial score (nSPS) is 12.9. The molecule has 0 saturated carbocycles. The monoisotopic (exact) mass is 448 g/mol. The number of hydrogen-bond donors (Lipinski definition) is 1. The lowest BCUT2D eigenvalue weighted by atomic mass is 10.1. The van der Waals surface area contributed by atoms with E-state index in [9.17, 15) is 9.59 Å². The molecule has 0 unspecified atom stereocenters. The van der Waals surface area contributed by atoms with Gasteiger partial charge in [0.2, 0.25) is 11.8 Å². The van der Waals surface area contributed by atoms with Gasteiger partial charge in [0.1, 0.15) is 6.04 Å². The third-order valence-corrected chi connectivity index (χ3v) is 5.86. The molecule has 0 saturated heterocycles. The molecule has 4 nitrogen and oxygen atoms in total. The summed E-state index contributed by atoms with van der Waals surface area (Å²) >= 11 is 12.3. The lowest BCUT2D eigenvalue weighted by Gasteiger charge is -2.30. The van der Waals surface area contributed by atoms with E-state index in [-0.39, 0.29) is 24.4 Å². The summed E-state index contributed by atoms with van der Waals surface area (Å²) in [6, 6.07) is 12.7. The van der Waals surface area contributed by atoms with Crippen molar-refractivity contribution in [3.05, 3.63) is 69.2 Å². The van der Waals surface area contributed by atoms with Crippen molar-refractivity contribution >= 4 is 35.0 Å². The van der Waals surface area contributed by atoms with E-state index in [1.807, 2.05) is 45.0 Å². The molecule has 0 aliphatic rings. The number of halogens is 2. The molecule has 0 fully saturated rings. The second-order valence-electron chi connectivity index (χ2n) is 7.74. The number of carbonyl (C=O) groups is 2. The van der Waals surface area contributed by atoms with Crippen LogP contribution in [0, 0.1) is 6.92 Å². The van der Waals surface area contributed by atoms with Crippen molar-refractivity contribution in [3.8, 4) is 0 Å². The molecule has 0 heterocycles. The Kier molecular flexibility index (Phi) is 9.19. The molecule has 0 spiro atoms. The fourth-order valence-electron chi connectivity index (χ4n) is 3.03. The SMILES string of the molecule is CC[C@H](C)NC(=O)[C@H](C)N(Cc1ccc(Cl)cc1Cl)C(=O)CCc1ccc(C)cc1. The van der Waals surface area contributed by atoms with Gasteiger partial charge in [-0.15, -0.1) is 0 Å². The van der Waals surface area contributed by atoms with Gasteiger partial charge in [0.25, 0.3) is 0 Å². The van der Waals surface area contributed by atoms with Gasteiger partial charge in [-0.1, -0.05) is 66.0 Å². The average molecular weight is 449 g/mol. The Morgan fingerprint density at radius 2 is 1.73 bits per heavy atom. The maximum absolute atomic E-state index is 13.1. The van der Waals surface area contributed by atoms with Crippen molar-refractivity contribution in [2.75, 3.05) is 0 Å². The number of aryl methyl sites for hydroxylation is 2. The number of carbonyl (C=O) groups excluding carboxylic acids is 2. The van der Waals surface area contributed by atoms with E-state index in [1.165, 1.54) is 5.56 Å². The van der Waals surface area contributed by atoms with Crippen molar-refractivity contribution in [1.29, 1.82) is 0 Å². The van der Waals surface area contributed by atoms with Crippen LogP contribution in [-0.2, 0) is 22.6 Å². The van der Waals surface area contributed by atoms with Crippen LogP contribution < -0.4 is 5.32 Å². The third kappa shape index (κ3) is 7.03. The lowest BCUT2D eigenvalue weighted by molar-refractivity contribution is -0.140. The number of nitrogens with one attached hydrogen (secondary N) is 1. The van der Waals surface area contributed by atoms with Crippen molar-refractivity contribution < 1.29 is 9.59 Å². The van der Waals surface area contributed by atoms with Gasteiger partial charge < -0.3 is 10.2 Å². The van der Waals surface area contributed by atoms with E-state index in [1.54, 1.807) is 30.0 Å². The minimum absolute atomic E-state index is 0.0450. The third-order valence-electron chi connectivity index (χ3n) is 5.27. The molecule has 0 aromatic heterocycles. The summed E-state index contributed by atoms with van der Waals surface area (Å²) in [6.45, 7) is 7.99. The van der Waals surface area contributed by atoms with Gasteiger partial charge >= 0.3 is 0 Å². The maximum Gasteiger partial charge on any atom is 0.242 e. The van der Waals surface area contributed by atoms with Gasteiger partial charge in [-0.25, -0.2) is 0 Å². The molecule has 0 aliphatic carbocycles. The second-order valence-corrected chi connectivity index (χ2v) is 8.58. The molecule has 30 heavy (non-hydrogen) atoms. The number of hydrogen-bond acceptors (Lipinski definition) is 2. The smallest absolute Gasteiger partial charge is 0.242 e. The first kappa shape index (κ1) is 24.2. The van der Waals surface area contributed by atoms with Crippen LogP contribution in [0.1, 0.15) is 50.3 Å². The molecular formula is C24H30Cl2N2O2. The first-order valence-corrected chi connectivity index (χ1v) is 11.1. The molecule has 2 aromatic carbocycles. The molecule has 2 atom stereocenters. The Hall–Kier alpha value is -2.04. The molecule has 0 bridgehead atoms. The number of rotatable bonds is 9. The van der Waals surface area contributed by atoms with Crippen LogP contribution >= 0.6 is 23.2 Å². The maximum atomic E-state index is 13.1. The zero-order valence-corrected chi connectivity index (χ0v) is 19.6. The number of benzene rings is 2. The molecule has 1 N–H and O–H groups in total. The van der Waals surface area contributed by atoms with Gasteiger partial charge in [-0.2, -0.15) is 0 Å². The zero-order valence-electron chi connectivity index (χ0n) is 18.0. The summed E-state index contributed by atoms with van der Waals surface area (Å²) in [5, 5.41) is 3.98. The van der Waals surface area contributed by atoms with Crippen molar-refractivity contribution in [1.82, 2.24) is 10.2 Å². The highest BCUT2D eigenvalue weighted by Gasteiger charge is 2.27. The van der Waals surface area contributed by atoms with Crippen LogP contribution in [-0.4, -0.2) is 28.8 Å². The standard InChI is InChI=1S/C24H30Cl2N2O2/c1-5-17(3)27-24(30)18(4)28(15-20-11-12-21(25)14-22(20)26)23(29)13-10-19-8-6-16(2)7-9-19/h6-9,11-12,14,17-18H,5,10,13,15H2,1-4H3,(H,27,30)/t17-,18-/m0/s1. The first-order chi connectivity index (χ1) is 14.2. The topological polar surface area (TPSA) is 49.4 Å². The minimum Gasteiger partial charge on any atom is -0.352 e. The van der Waals surface area contributed by atoms with Crippen molar-refractivity contribution in [2.24, 2.45) is 0 Å². The van der Waals surface area contributed by atoms with E-state index in [2.05, 4.69) is 5.32 Å². The zero-order chi connectivity index (χ0) is 22.3. The Morgan fingerprint density at radius 3 is 2.33 bits per heavy atom. The average Bonchev–Trinajstić information content (AvgIpc) is 2.72. The van der Waals surface area contributed by atoms with E-state index >= 15 is 0 Å². The molecule has 2 amide bonds. The van der Waals surface area contributed by atoms with Crippen molar-refractivity contribution in [3.63, 3.8) is 0 Å². The van der Waals surface area contributed by atoms with Crippen LogP contribution in [0.5, 0.6) is 0 Å². The van der Waals surface area contributed by atoms with E-state index < -0.39 is 6.04 Å². The van der Waals surface area contributed by atoms with E-state index in [0.29, 0.717) is 22.9 Å². The summed E-state index contributed by atoms with van der Waals surface area (Å²) in [6.07, 6.45) is 1.75. The highest BCUT2D eigenvalue weighted by Crippen LogP contribution is 2.23. The van der Waals surface area contributed by atoms with Gasteiger partial charge in [0.15, 0.2) is 0 Å². The molecular weight excluding hydrogens is 419 g/mol.